The highest BCUT2D eigenvalue weighted by Gasteiger charge is 2.17. The quantitative estimate of drug-likeness (QED) is 0.611. The zero-order valence-corrected chi connectivity index (χ0v) is 14.5. The summed E-state index contributed by atoms with van der Waals surface area (Å²) in [6, 6.07) is 9.71. The Morgan fingerprint density at radius 2 is 1.75 bits per heavy atom. The first-order valence-corrected chi connectivity index (χ1v) is 8.15. The summed E-state index contributed by atoms with van der Waals surface area (Å²) in [5.41, 5.74) is 1.05. The fraction of sp³-hybridized carbons (Fsp3) is 0.333. The largest absolute Gasteiger partial charge is 0.490 e. The summed E-state index contributed by atoms with van der Waals surface area (Å²) < 4.78 is 17.5. The normalized spacial score (nSPS) is 12.2. The predicted octanol–water partition coefficient (Wildman–Crippen LogP) is 5.32. The van der Waals surface area contributed by atoms with Crippen LogP contribution in [0.2, 0.25) is 0 Å². The Bertz CT molecular complexity index is 566. The minimum Gasteiger partial charge on any atom is -0.490 e. The van der Waals surface area contributed by atoms with Gasteiger partial charge in [-0.15, -0.1) is 0 Å². The molecule has 2 aromatic rings. The highest BCUT2D eigenvalue weighted by atomic mass is 79.9. The lowest BCUT2D eigenvalue weighted by molar-refractivity contribution is 0.287. The fourth-order valence-corrected chi connectivity index (χ4v) is 2.70. The second-order valence-electron chi connectivity index (χ2n) is 4.08. The van der Waals surface area contributed by atoms with Crippen molar-refractivity contribution >= 4 is 31.9 Å². The van der Waals surface area contributed by atoms with Gasteiger partial charge in [0.25, 0.3) is 0 Å². The third-order valence-corrected chi connectivity index (χ3v) is 4.11. The molecule has 0 saturated carbocycles. The molecule has 1 aromatic carbocycles. The van der Waals surface area contributed by atoms with Crippen molar-refractivity contribution in [3.63, 3.8) is 0 Å². The van der Waals surface area contributed by atoms with E-state index in [0.29, 0.717) is 17.9 Å². The number of hydrogen-bond acceptors (Lipinski definition) is 3. The number of hydrogen-bond donors (Lipinski definition) is 0. The van der Waals surface area contributed by atoms with E-state index < -0.39 is 0 Å². The highest BCUT2D eigenvalue weighted by molar-refractivity contribution is 9.10. The molecule has 0 amide bonds. The molecule has 108 valence electrons. The lowest BCUT2D eigenvalue weighted by Crippen LogP contribution is -2.00. The van der Waals surface area contributed by atoms with Crippen LogP contribution in [-0.2, 0) is 0 Å². The molecule has 0 aliphatic rings. The van der Waals surface area contributed by atoms with E-state index in [1.54, 1.807) is 0 Å². The molecule has 1 aromatic heterocycles. The van der Waals surface area contributed by atoms with Crippen molar-refractivity contribution in [2.24, 2.45) is 0 Å². The van der Waals surface area contributed by atoms with Crippen LogP contribution >= 0.6 is 31.9 Å². The van der Waals surface area contributed by atoms with Crippen LogP contribution in [0.3, 0.4) is 0 Å². The van der Waals surface area contributed by atoms with Crippen LogP contribution in [0.4, 0.5) is 0 Å². The minimum absolute atomic E-state index is 0.0244. The zero-order valence-electron chi connectivity index (χ0n) is 11.4. The van der Waals surface area contributed by atoms with Gasteiger partial charge in [0.15, 0.2) is 16.2 Å². The van der Waals surface area contributed by atoms with E-state index in [9.17, 15) is 0 Å². The van der Waals surface area contributed by atoms with Gasteiger partial charge in [-0.25, -0.2) is 0 Å². The average molecular weight is 404 g/mol. The lowest BCUT2D eigenvalue weighted by atomic mass is 10.1. The number of ether oxygens (including phenoxy) is 2. The predicted molar refractivity (Wildman–Crippen MR) is 86.0 cm³/mol. The number of benzene rings is 1. The molecular weight excluding hydrogens is 388 g/mol. The monoisotopic (exact) mass is 402 g/mol. The van der Waals surface area contributed by atoms with Gasteiger partial charge in [0.05, 0.1) is 18.0 Å². The first-order valence-electron chi connectivity index (χ1n) is 6.44. The van der Waals surface area contributed by atoms with Crippen LogP contribution in [0.25, 0.3) is 0 Å². The summed E-state index contributed by atoms with van der Waals surface area (Å²) in [5.74, 6) is 2.35. The molecule has 0 aliphatic carbocycles. The zero-order chi connectivity index (χ0) is 14.5. The Labute approximate surface area is 135 Å². The molecule has 0 N–H and O–H groups in total. The van der Waals surface area contributed by atoms with E-state index in [0.717, 1.165) is 22.8 Å². The second-order valence-corrected chi connectivity index (χ2v) is 5.77. The van der Waals surface area contributed by atoms with Crippen molar-refractivity contribution < 1.29 is 13.9 Å². The molecule has 0 bridgehead atoms. The van der Waals surface area contributed by atoms with Gasteiger partial charge in [-0.05, 0) is 59.6 Å². The lowest BCUT2D eigenvalue weighted by Gasteiger charge is -2.14. The summed E-state index contributed by atoms with van der Waals surface area (Å²) in [5, 5.41) is 0. The molecule has 0 aliphatic heterocycles. The minimum atomic E-state index is -0.0244. The van der Waals surface area contributed by atoms with Crippen molar-refractivity contribution in [3.8, 4) is 11.5 Å². The number of alkyl halides is 1. The van der Waals surface area contributed by atoms with Gasteiger partial charge in [-0.1, -0.05) is 22.0 Å². The van der Waals surface area contributed by atoms with Gasteiger partial charge in [0.1, 0.15) is 5.76 Å². The summed E-state index contributed by atoms with van der Waals surface area (Å²) >= 11 is 6.96. The van der Waals surface area contributed by atoms with E-state index in [2.05, 4.69) is 31.9 Å². The van der Waals surface area contributed by atoms with Crippen molar-refractivity contribution in [2.45, 2.75) is 18.7 Å². The molecule has 1 heterocycles. The highest BCUT2D eigenvalue weighted by Crippen LogP contribution is 2.37. The van der Waals surface area contributed by atoms with Gasteiger partial charge < -0.3 is 13.9 Å². The van der Waals surface area contributed by atoms with Gasteiger partial charge in [-0.2, -0.15) is 0 Å². The van der Waals surface area contributed by atoms with Crippen LogP contribution in [0, 0.1) is 0 Å². The average Bonchev–Trinajstić information content (AvgIpc) is 2.87. The maximum absolute atomic E-state index is 5.64. The van der Waals surface area contributed by atoms with Crippen LogP contribution in [0.5, 0.6) is 11.5 Å². The van der Waals surface area contributed by atoms with Gasteiger partial charge in [0, 0.05) is 0 Å². The number of rotatable bonds is 6. The third-order valence-electron chi connectivity index (χ3n) is 2.70. The van der Waals surface area contributed by atoms with Crippen LogP contribution < -0.4 is 9.47 Å². The van der Waals surface area contributed by atoms with Crippen molar-refractivity contribution in [2.75, 3.05) is 13.2 Å². The maximum Gasteiger partial charge on any atom is 0.169 e. The fourth-order valence-electron chi connectivity index (χ4n) is 1.85. The molecule has 0 radical (unpaired) electrons. The van der Waals surface area contributed by atoms with Gasteiger partial charge in [-0.3, -0.25) is 0 Å². The molecule has 20 heavy (non-hydrogen) atoms. The summed E-state index contributed by atoms with van der Waals surface area (Å²) in [6.45, 7) is 5.13. The summed E-state index contributed by atoms with van der Waals surface area (Å²) in [7, 11) is 0. The molecule has 2 rings (SSSR count). The summed E-state index contributed by atoms with van der Waals surface area (Å²) in [6.07, 6.45) is 0. The Morgan fingerprint density at radius 3 is 2.35 bits per heavy atom. The van der Waals surface area contributed by atoms with E-state index in [4.69, 9.17) is 13.9 Å². The van der Waals surface area contributed by atoms with Crippen molar-refractivity contribution in [1.82, 2.24) is 0 Å². The van der Waals surface area contributed by atoms with Gasteiger partial charge >= 0.3 is 0 Å². The molecule has 0 saturated heterocycles. The molecule has 3 nitrogen and oxygen atoms in total. The maximum atomic E-state index is 5.64. The first-order chi connectivity index (χ1) is 9.65. The molecule has 1 atom stereocenters. The summed E-state index contributed by atoms with van der Waals surface area (Å²) in [4.78, 5) is -0.0244. The smallest absolute Gasteiger partial charge is 0.169 e. The Kier molecular flexibility index (Phi) is 5.54. The molecule has 0 spiro atoms. The van der Waals surface area contributed by atoms with Crippen LogP contribution in [0.1, 0.15) is 30.0 Å². The Hall–Kier alpha value is -0.940. The molecule has 0 fully saturated rings. The first kappa shape index (κ1) is 15.4. The van der Waals surface area contributed by atoms with Crippen LogP contribution in [0.15, 0.2) is 39.4 Å². The number of halogens is 2. The van der Waals surface area contributed by atoms with Crippen molar-refractivity contribution in [1.29, 1.82) is 0 Å². The Morgan fingerprint density at radius 1 is 1.05 bits per heavy atom. The SMILES string of the molecule is CCOc1ccc(C(Br)c2ccc(Br)o2)cc1OCC. The van der Waals surface area contributed by atoms with E-state index in [-0.39, 0.29) is 4.83 Å². The van der Waals surface area contributed by atoms with Gasteiger partial charge in [0.2, 0.25) is 0 Å². The standard InChI is InChI=1S/C15H16Br2O3/c1-3-18-11-6-5-10(9-13(11)19-4-2)15(17)12-7-8-14(16)20-12/h5-9,15H,3-4H2,1-2H3. The van der Waals surface area contributed by atoms with E-state index >= 15 is 0 Å². The van der Waals surface area contributed by atoms with Crippen molar-refractivity contribution in [3.05, 3.63) is 46.3 Å². The topological polar surface area (TPSA) is 31.6 Å². The second kappa shape index (κ2) is 7.18. The third kappa shape index (κ3) is 3.58. The van der Waals surface area contributed by atoms with E-state index in [1.807, 2.05) is 44.2 Å². The molecule has 1 unspecified atom stereocenters. The van der Waals surface area contributed by atoms with Crippen LogP contribution in [-0.4, -0.2) is 13.2 Å². The Balaban J connectivity index is 2.29. The van der Waals surface area contributed by atoms with E-state index in [1.165, 1.54) is 0 Å². The molecule has 5 heteroatoms. The molecular formula is C15H16Br2O3. The number of furan rings is 1.